The van der Waals surface area contributed by atoms with Crippen LogP contribution in [-0.4, -0.2) is 17.5 Å². The van der Waals surface area contributed by atoms with Crippen LogP contribution in [0.25, 0.3) is 27.7 Å². The second-order valence-corrected chi connectivity index (χ2v) is 8.31. The molecule has 0 spiro atoms. The predicted octanol–water partition coefficient (Wildman–Crippen LogP) is 6.75. The van der Waals surface area contributed by atoms with Crippen LogP contribution in [0, 0.1) is 19.7 Å². The number of furan rings is 1. The van der Waals surface area contributed by atoms with Gasteiger partial charge >= 0.3 is 0 Å². The highest BCUT2D eigenvalue weighted by atomic mass is 32.1. The largest absolute Gasteiger partial charge is 0.493 e. The Morgan fingerprint density at radius 3 is 2.69 bits per heavy atom. The summed E-state index contributed by atoms with van der Waals surface area (Å²) in [5.41, 5.74) is 5.64. The van der Waals surface area contributed by atoms with Gasteiger partial charge in [0.05, 0.1) is 18.6 Å². The van der Waals surface area contributed by atoms with Gasteiger partial charge in [0.2, 0.25) is 5.91 Å². The van der Waals surface area contributed by atoms with E-state index in [1.807, 2.05) is 39.1 Å². The number of rotatable bonds is 6. The van der Waals surface area contributed by atoms with Crippen molar-refractivity contribution in [2.24, 2.45) is 0 Å². The van der Waals surface area contributed by atoms with Crippen molar-refractivity contribution in [3.63, 3.8) is 0 Å². The van der Waals surface area contributed by atoms with Gasteiger partial charge in [-0.25, -0.2) is 9.37 Å². The molecule has 1 N–H and O–H groups in total. The summed E-state index contributed by atoms with van der Waals surface area (Å²) < 4.78 is 25.2. The first-order valence-corrected chi connectivity index (χ1v) is 11.1. The lowest BCUT2D eigenvalue weighted by molar-refractivity contribution is -0.111. The van der Waals surface area contributed by atoms with Crippen molar-refractivity contribution in [3.8, 4) is 16.9 Å². The highest BCUT2D eigenvalue weighted by molar-refractivity contribution is 7.13. The zero-order chi connectivity index (χ0) is 22.8. The van der Waals surface area contributed by atoms with E-state index in [4.69, 9.17) is 9.15 Å². The third kappa shape index (κ3) is 4.29. The molecule has 4 rings (SSSR count). The van der Waals surface area contributed by atoms with E-state index in [1.54, 1.807) is 18.4 Å². The van der Waals surface area contributed by atoms with Crippen LogP contribution in [0.15, 0.2) is 52.5 Å². The maximum Gasteiger partial charge on any atom is 0.250 e. The summed E-state index contributed by atoms with van der Waals surface area (Å²) in [6.45, 7) is 8.07. The molecule has 0 saturated heterocycles. The number of thiazole rings is 1. The van der Waals surface area contributed by atoms with Gasteiger partial charge in [-0.2, -0.15) is 0 Å². The number of halogens is 1. The number of aryl methyl sites for hydroxylation is 2. The average Bonchev–Trinajstić information content (AvgIpc) is 3.36. The summed E-state index contributed by atoms with van der Waals surface area (Å²) in [6, 6.07) is 8.25. The summed E-state index contributed by atoms with van der Waals surface area (Å²) in [4.78, 5) is 16.8. The summed E-state index contributed by atoms with van der Waals surface area (Å²) in [6.07, 6.45) is 3.21. The van der Waals surface area contributed by atoms with Crippen LogP contribution in [0.1, 0.15) is 30.7 Å². The Morgan fingerprint density at radius 1 is 1.28 bits per heavy atom. The number of ether oxygens (including phenoxy) is 1. The number of hydrogen-bond donors (Lipinski definition) is 1. The third-order valence-electron chi connectivity index (χ3n) is 5.11. The second kappa shape index (κ2) is 8.96. The quantitative estimate of drug-likeness (QED) is 0.330. The van der Waals surface area contributed by atoms with E-state index < -0.39 is 0 Å². The van der Waals surface area contributed by atoms with Crippen molar-refractivity contribution >= 4 is 38.9 Å². The molecule has 0 bridgehead atoms. The van der Waals surface area contributed by atoms with Gasteiger partial charge in [0.15, 0.2) is 5.13 Å². The second-order valence-electron chi connectivity index (χ2n) is 7.45. The Hall–Kier alpha value is -3.45. The number of hydrogen-bond acceptors (Lipinski definition) is 5. The highest BCUT2D eigenvalue weighted by Gasteiger charge is 2.19. The number of aromatic nitrogens is 1. The van der Waals surface area contributed by atoms with Crippen molar-refractivity contribution in [2.75, 3.05) is 11.9 Å². The summed E-state index contributed by atoms with van der Waals surface area (Å²) >= 11 is 1.38. The standard InChI is InChI=1S/C25H23FN2O3S/c1-5-30-23-16(4)24-20(21(12-31-24)17-6-8-18(26)9-7-17)11-19(23)14(2)10-22(29)28-25-27-15(3)13-32-25/h6-13H,5H2,1-4H3,(H,27,28,29)/b14-10+. The van der Waals surface area contributed by atoms with Crippen molar-refractivity contribution in [1.82, 2.24) is 4.98 Å². The lowest BCUT2D eigenvalue weighted by Crippen LogP contribution is -2.08. The van der Waals surface area contributed by atoms with Gasteiger partial charge in [-0.1, -0.05) is 12.1 Å². The van der Waals surface area contributed by atoms with Crippen LogP contribution in [0.5, 0.6) is 5.75 Å². The Kier molecular flexibility index (Phi) is 6.10. The number of fused-ring (bicyclic) bond motifs is 1. The molecule has 2 aromatic heterocycles. The first-order valence-electron chi connectivity index (χ1n) is 10.2. The molecule has 4 aromatic rings. The van der Waals surface area contributed by atoms with Gasteiger partial charge in [-0.05, 0) is 57.0 Å². The molecule has 0 unspecified atom stereocenters. The van der Waals surface area contributed by atoms with E-state index in [0.717, 1.165) is 38.9 Å². The van der Waals surface area contributed by atoms with E-state index >= 15 is 0 Å². The minimum absolute atomic E-state index is 0.261. The van der Waals surface area contributed by atoms with Crippen molar-refractivity contribution < 1.29 is 18.3 Å². The first kappa shape index (κ1) is 21.8. The van der Waals surface area contributed by atoms with Crippen molar-refractivity contribution in [3.05, 3.63) is 70.7 Å². The zero-order valence-corrected chi connectivity index (χ0v) is 19.1. The highest BCUT2D eigenvalue weighted by Crippen LogP contribution is 2.40. The molecule has 0 fully saturated rings. The maximum absolute atomic E-state index is 13.4. The van der Waals surface area contributed by atoms with Gasteiger partial charge < -0.3 is 9.15 Å². The lowest BCUT2D eigenvalue weighted by atomic mass is 9.96. The number of carbonyl (C=O) groups excluding carboxylic acids is 1. The van der Waals surface area contributed by atoms with E-state index in [1.165, 1.54) is 29.5 Å². The molecule has 2 heterocycles. The Morgan fingerprint density at radius 2 is 2.03 bits per heavy atom. The number of amides is 1. The van der Waals surface area contributed by atoms with Gasteiger partial charge in [0, 0.05) is 33.5 Å². The summed E-state index contributed by atoms with van der Waals surface area (Å²) in [7, 11) is 0. The molecule has 0 radical (unpaired) electrons. The Bertz CT molecular complexity index is 1320. The average molecular weight is 451 g/mol. The topological polar surface area (TPSA) is 64.4 Å². The van der Waals surface area contributed by atoms with E-state index in [0.29, 0.717) is 23.1 Å². The van der Waals surface area contributed by atoms with Crippen LogP contribution >= 0.6 is 11.3 Å². The molecule has 32 heavy (non-hydrogen) atoms. The van der Waals surface area contributed by atoms with Crippen molar-refractivity contribution in [1.29, 1.82) is 0 Å². The molecule has 1 amide bonds. The minimum atomic E-state index is -0.294. The molecule has 0 atom stereocenters. The molecular formula is C25H23FN2O3S. The SMILES string of the molecule is CCOc1c(/C(C)=C/C(=O)Nc2nc(C)cs2)cc2c(-c3ccc(F)cc3)coc2c1C. The maximum atomic E-state index is 13.4. The van der Waals surface area contributed by atoms with E-state index in [-0.39, 0.29) is 11.7 Å². The molecule has 5 nitrogen and oxygen atoms in total. The number of nitrogens with zero attached hydrogens (tertiary/aromatic N) is 1. The molecule has 0 saturated carbocycles. The molecular weight excluding hydrogens is 427 g/mol. The predicted molar refractivity (Wildman–Crippen MR) is 127 cm³/mol. The van der Waals surface area contributed by atoms with Crippen molar-refractivity contribution in [2.45, 2.75) is 27.7 Å². The van der Waals surface area contributed by atoms with Gasteiger partial charge in [-0.15, -0.1) is 11.3 Å². The molecule has 0 aliphatic carbocycles. The fraction of sp³-hybridized carbons (Fsp3) is 0.200. The molecule has 0 aliphatic heterocycles. The van der Waals surface area contributed by atoms with Crippen LogP contribution in [-0.2, 0) is 4.79 Å². The smallest absolute Gasteiger partial charge is 0.250 e. The van der Waals surface area contributed by atoms with Crippen LogP contribution in [0.3, 0.4) is 0 Å². The van der Waals surface area contributed by atoms with Crippen LogP contribution < -0.4 is 10.1 Å². The molecule has 164 valence electrons. The molecule has 2 aromatic carbocycles. The Balaban J connectivity index is 1.79. The number of carbonyl (C=O) groups is 1. The Labute approximate surface area is 189 Å². The molecule has 7 heteroatoms. The van der Waals surface area contributed by atoms with Gasteiger partial charge in [0.25, 0.3) is 0 Å². The lowest BCUT2D eigenvalue weighted by Gasteiger charge is -2.15. The van der Waals surface area contributed by atoms with E-state index in [2.05, 4.69) is 10.3 Å². The first-order chi connectivity index (χ1) is 15.4. The van der Waals surface area contributed by atoms with Crippen LogP contribution in [0.2, 0.25) is 0 Å². The summed E-state index contributed by atoms with van der Waals surface area (Å²) in [5.74, 6) is 0.118. The number of anilines is 1. The monoisotopic (exact) mass is 450 g/mol. The minimum Gasteiger partial charge on any atom is -0.493 e. The molecule has 0 aliphatic rings. The van der Waals surface area contributed by atoms with Gasteiger partial charge in [0.1, 0.15) is 17.1 Å². The fourth-order valence-electron chi connectivity index (χ4n) is 3.62. The zero-order valence-electron chi connectivity index (χ0n) is 18.3. The van der Waals surface area contributed by atoms with E-state index in [9.17, 15) is 9.18 Å². The fourth-order valence-corrected chi connectivity index (χ4v) is 4.31. The third-order valence-corrected chi connectivity index (χ3v) is 5.98. The van der Waals surface area contributed by atoms with Crippen LogP contribution in [0.4, 0.5) is 9.52 Å². The number of nitrogens with one attached hydrogen (secondary N) is 1. The summed E-state index contributed by atoms with van der Waals surface area (Å²) in [5, 5.41) is 6.11. The van der Waals surface area contributed by atoms with Gasteiger partial charge in [-0.3, -0.25) is 10.1 Å². The normalized spacial score (nSPS) is 11.7. The number of allylic oxidation sites excluding steroid dienone is 1. The number of benzene rings is 2.